The molecular weight excluding hydrogens is 256 g/mol. The fourth-order valence-corrected chi connectivity index (χ4v) is 3.93. The molecule has 0 radical (unpaired) electrons. The zero-order chi connectivity index (χ0) is 14.2. The van der Waals surface area contributed by atoms with Crippen molar-refractivity contribution < 1.29 is 14.6 Å². The Kier molecular flexibility index (Phi) is 3.91. The number of urea groups is 1. The van der Waals surface area contributed by atoms with Crippen LogP contribution in [-0.4, -0.2) is 53.5 Å². The van der Waals surface area contributed by atoms with E-state index < -0.39 is 5.60 Å². The zero-order valence-electron chi connectivity index (χ0n) is 12.3. The lowest BCUT2D eigenvalue weighted by Gasteiger charge is -2.47. The number of likely N-dealkylation sites (tertiary alicyclic amines) is 1. The maximum atomic E-state index is 12.4. The molecule has 20 heavy (non-hydrogen) atoms. The fraction of sp³-hybridized carbons (Fsp3) is 0.933. The van der Waals surface area contributed by atoms with E-state index in [2.05, 4.69) is 5.32 Å². The van der Waals surface area contributed by atoms with Crippen molar-refractivity contribution in [2.75, 3.05) is 19.7 Å². The molecule has 0 aromatic carbocycles. The van der Waals surface area contributed by atoms with E-state index in [4.69, 9.17) is 4.74 Å². The third kappa shape index (κ3) is 2.66. The maximum Gasteiger partial charge on any atom is 0.317 e. The molecule has 2 saturated heterocycles. The molecule has 4 unspecified atom stereocenters. The monoisotopic (exact) mass is 282 g/mol. The number of nitrogens with zero attached hydrogens (tertiary/aromatic N) is 1. The topological polar surface area (TPSA) is 61.8 Å². The summed E-state index contributed by atoms with van der Waals surface area (Å²) in [5.41, 5.74) is -0.515. The second-order valence-corrected chi connectivity index (χ2v) is 6.66. The van der Waals surface area contributed by atoms with Gasteiger partial charge in [-0.1, -0.05) is 12.8 Å². The van der Waals surface area contributed by atoms with Gasteiger partial charge in [-0.15, -0.1) is 0 Å². The molecule has 1 saturated carbocycles. The first-order valence-electron chi connectivity index (χ1n) is 7.98. The molecule has 1 aliphatic carbocycles. The number of ether oxygens (including phenoxy) is 1. The summed E-state index contributed by atoms with van der Waals surface area (Å²) < 4.78 is 5.48. The number of fused-ring (bicyclic) bond motifs is 1. The number of hydrogen-bond donors (Lipinski definition) is 2. The largest absolute Gasteiger partial charge is 0.389 e. The van der Waals surface area contributed by atoms with E-state index in [0.29, 0.717) is 13.1 Å². The van der Waals surface area contributed by atoms with Gasteiger partial charge in [0.25, 0.3) is 0 Å². The molecule has 5 nitrogen and oxygen atoms in total. The van der Waals surface area contributed by atoms with Gasteiger partial charge in [0.1, 0.15) is 0 Å². The summed E-state index contributed by atoms with van der Waals surface area (Å²) in [6.07, 6.45) is 5.97. The molecule has 4 atom stereocenters. The smallest absolute Gasteiger partial charge is 0.317 e. The van der Waals surface area contributed by atoms with Gasteiger partial charge in [0.15, 0.2) is 0 Å². The lowest BCUT2D eigenvalue weighted by molar-refractivity contribution is -0.0872. The van der Waals surface area contributed by atoms with Crippen LogP contribution in [0, 0.1) is 5.92 Å². The highest BCUT2D eigenvalue weighted by Gasteiger charge is 2.44. The second kappa shape index (κ2) is 5.53. The summed E-state index contributed by atoms with van der Waals surface area (Å²) in [4.78, 5) is 14.2. The zero-order valence-corrected chi connectivity index (χ0v) is 12.3. The molecule has 5 heteroatoms. The van der Waals surface area contributed by atoms with Crippen LogP contribution in [-0.2, 0) is 4.74 Å². The van der Waals surface area contributed by atoms with Gasteiger partial charge in [-0.2, -0.15) is 0 Å². The lowest BCUT2D eigenvalue weighted by Crippen LogP contribution is -2.57. The molecule has 0 aromatic heterocycles. The highest BCUT2D eigenvalue weighted by atomic mass is 16.5. The third-order valence-corrected chi connectivity index (χ3v) is 5.40. The molecule has 3 fully saturated rings. The number of carbonyl (C=O) groups is 1. The standard InChI is InChI=1S/C15H26N2O3/c1-11-13(5-9-20-11)16-14(18)17-8-7-15(19)6-3-2-4-12(15)10-17/h11-13,19H,2-10H2,1H3,(H,16,18). The van der Waals surface area contributed by atoms with Crippen molar-refractivity contribution in [2.45, 2.75) is 63.2 Å². The maximum absolute atomic E-state index is 12.4. The number of rotatable bonds is 1. The Bertz CT molecular complexity index is 376. The number of aliphatic hydroxyl groups is 1. The number of nitrogens with one attached hydrogen (secondary N) is 1. The van der Waals surface area contributed by atoms with Crippen molar-refractivity contribution >= 4 is 6.03 Å². The van der Waals surface area contributed by atoms with Crippen molar-refractivity contribution in [3.8, 4) is 0 Å². The normalized spacial score (nSPS) is 41.3. The highest BCUT2D eigenvalue weighted by molar-refractivity contribution is 5.74. The highest BCUT2D eigenvalue weighted by Crippen LogP contribution is 2.39. The predicted octanol–water partition coefficient (Wildman–Crippen LogP) is 1.50. The van der Waals surface area contributed by atoms with E-state index >= 15 is 0 Å². The lowest BCUT2D eigenvalue weighted by atomic mass is 9.71. The minimum Gasteiger partial charge on any atom is -0.389 e. The van der Waals surface area contributed by atoms with Crippen LogP contribution in [0.2, 0.25) is 0 Å². The van der Waals surface area contributed by atoms with Crippen molar-refractivity contribution in [3.63, 3.8) is 0 Å². The predicted molar refractivity (Wildman–Crippen MR) is 75.4 cm³/mol. The van der Waals surface area contributed by atoms with Gasteiger partial charge in [-0.25, -0.2) is 4.79 Å². The SMILES string of the molecule is CC1OCCC1NC(=O)N1CCC2(O)CCCCC2C1. The van der Waals surface area contributed by atoms with Crippen LogP contribution in [0.4, 0.5) is 4.79 Å². The van der Waals surface area contributed by atoms with E-state index in [1.54, 1.807) is 0 Å². The van der Waals surface area contributed by atoms with E-state index in [1.807, 2.05) is 11.8 Å². The van der Waals surface area contributed by atoms with Crippen LogP contribution < -0.4 is 5.32 Å². The molecule has 0 aromatic rings. The van der Waals surface area contributed by atoms with Crippen molar-refractivity contribution in [1.82, 2.24) is 10.2 Å². The summed E-state index contributed by atoms with van der Waals surface area (Å²) >= 11 is 0. The molecule has 3 aliphatic rings. The Morgan fingerprint density at radius 1 is 1.35 bits per heavy atom. The van der Waals surface area contributed by atoms with Gasteiger partial charge in [0, 0.05) is 25.6 Å². The van der Waals surface area contributed by atoms with Crippen LogP contribution in [0.3, 0.4) is 0 Å². The Balaban J connectivity index is 1.57. The average molecular weight is 282 g/mol. The quantitative estimate of drug-likeness (QED) is 0.766. The number of piperidine rings is 1. The van der Waals surface area contributed by atoms with Gasteiger partial charge in [0.05, 0.1) is 17.7 Å². The average Bonchev–Trinajstić information content (AvgIpc) is 2.83. The van der Waals surface area contributed by atoms with E-state index in [9.17, 15) is 9.90 Å². The minimum absolute atomic E-state index is 0.0139. The van der Waals surface area contributed by atoms with Crippen molar-refractivity contribution in [3.05, 3.63) is 0 Å². The number of carbonyl (C=O) groups excluding carboxylic acids is 1. The second-order valence-electron chi connectivity index (χ2n) is 6.66. The van der Waals surface area contributed by atoms with Crippen LogP contribution in [0.1, 0.15) is 45.4 Å². The van der Waals surface area contributed by atoms with Crippen LogP contribution >= 0.6 is 0 Å². The Morgan fingerprint density at radius 3 is 2.95 bits per heavy atom. The molecule has 2 heterocycles. The molecule has 2 N–H and O–H groups in total. The van der Waals surface area contributed by atoms with E-state index in [-0.39, 0.29) is 24.1 Å². The molecule has 2 aliphatic heterocycles. The summed E-state index contributed by atoms with van der Waals surface area (Å²) in [7, 11) is 0. The van der Waals surface area contributed by atoms with Gasteiger partial charge in [-0.05, 0) is 32.6 Å². The number of hydrogen-bond acceptors (Lipinski definition) is 3. The molecular formula is C15H26N2O3. The minimum atomic E-state index is -0.515. The molecule has 0 bridgehead atoms. The Morgan fingerprint density at radius 2 is 2.20 bits per heavy atom. The third-order valence-electron chi connectivity index (χ3n) is 5.40. The van der Waals surface area contributed by atoms with Crippen molar-refractivity contribution in [2.24, 2.45) is 5.92 Å². The number of amides is 2. The first kappa shape index (κ1) is 14.1. The van der Waals surface area contributed by atoms with Crippen LogP contribution in [0.5, 0.6) is 0 Å². The van der Waals surface area contributed by atoms with Gasteiger partial charge >= 0.3 is 6.03 Å². The Labute approximate surface area is 120 Å². The fourth-order valence-electron chi connectivity index (χ4n) is 3.93. The summed E-state index contributed by atoms with van der Waals surface area (Å²) in [5.74, 6) is 0.257. The van der Waals surface area contributed by atoms with E-state index in [1.165, 1.54) is 6.42 Å². The molecule has 114 valence electrons. The molecule has 3 rings (SSSR count). The first-order chi connectivity index (χ1) is 9.58. The van der Waals surface area contributed by atoms with Gasteiger partial charge in [-0.3, -0.25) is 0 Å². The molecule has 0 spiro atoms. The first-order valence-corrected chi connectivity index (χ1v) is 7.98. The summed E-state index contributed by atoms with van der Waals surface area (Å²) in [5, 5.41) is 13.7. The summed E-state index contributed by atoms with van der Waals surface area (Å²) in [6.45, 7) is 4.10. The Hall–Kier alpha value is -0.810. The molecule has 2 amide bonds. The van der Waals surface area contributed by atoms with Crippen LogP contribution in [0.15, 0.2) is 0 Å². The van der Waals surface area contributed by atoms with Crippen LogP contribution in [0.25, 0.3) is 0 Å². The van der Waals surface area contributed by atoms with E-state index in [0.717, 1.165) is 38.7 Å². The van der Waals surface area contributed by atoms with Gasteiger partial charge in [0.2, 0.25) is 0 Å². The van der Waals surface area contributed by atoms with Crippen molar-refractivity contribution in [1.29, 1.82) is 0 Å². The summed E-state index contributed by atoms with van der Waals surface area (Å²) in [6, 6.07) is 0.148. The van der Waals surface area contributed by atoms with Gasteiger partial charge < -0.3 is 20.1 Å².